The van der Waals surface area contributed by atoms with Gasteiger partial charge in [0, 0.05) is 15.5 Å². The van der Waals surface area contributed by atoms with Crippen molar-refractivity contribution in [2.45, 2.75) is 13.0 Å². The molecule has 0 fully saturated rings. The van der Waals surface area contributed by atoms with Gasteiger partial charge in [-0.3, -0.25) is 4.79 Å². The van der Waals surface area contributed by atoms with E-state index >= 15 is 0 Å². The van der Waals surface area contributed by atoms with Crippen molar-refractivity contribution in [2.75, 3.05) is 0 Å². The van der Waals surface area contributed by atoms with Crippen molar-refractivity contribution >= 4 is 27.3 Å². The van der Waals surface area contributed by atoms with E-state index in [4.69, 9.17) is 0 Å². The Labute approximate surface area is 113 Å². The number of amides is 1. The van der Waals surface area contributed by atoms with Crippen molar-refractivity contribution < 1.29 is 9.32 Å². The van der Waals surface area contributed by atoms with Crippen LogP contribution in [0.3, 0.4) is 0 Å². The summed E-state index contributed by atoms with van der Waals surface area (Å²) in [5, 5.41) is 9.40. The smallest absolute Gasteiger partial charge is 0.253 e. The number of hydrogen-bond acceptors (Lipinski definition) is 5. The zero-order valence-corrected chi connectivity index (χ0v) is 11.0. The molecule has 0 aliphatic carbocycles. The molecule has 0 saturated carbocycles. The standard InChI is InChI=1S/C13H11N3O2S/c1-8(12-14-7-18-16-12)15-13(17)10-6-19-11-5-3-2-4-9(10)11/h2-8H,1H3,(H,15,17)/t8-/m1/s1. The molecule has 1 N–H and O–H groups in total. The van der Waals surface area contributed by atoms with E-state index < -0.39 is 0 Å². The highest BCUT2D eigenvalue weighted by atomic mass is 32.1. The quantitative estimate of drug-likeness (QED) is 0.796. The minimum atomic E-state index is -0.287. The largest absolute Gasteiger partial charge is 0.343 e. The topological polar surface area (TPSA) is 68.0 Å². The molecule has 0 spiro atoms. The Kier molecular flexibility index (Phi) is 3.00. The SMILES string of the molecule is C[C@@H](NC(=O)c1csc2ccccc12)c1ncon1. The molecule has 1 aromatic carbocycles. The van der Waals surface area contributed by atoms with Crippen LogP contribution in [0.2, 0.25) is 0 Å². The molecule has 1 amide bonds. The number of hydrogen-bond donors (Lipinski definition) is 1. The summed E-state index contributed by atoms with van der Waals surface area (Å²) in [6, 6.07) is 7.54. The van der Waals surface area contributed by atoms with Crippen molar-refractivity contribution in [2.24, 2.45) is 0 Å². The van der Waals surface area contributed by atoms with E-state index in [2.05, 4.69) is 20.0 Å². The lowest BCUT2D eigenvalue weighted by molar-refractivity contribution is 0.0940. The Hall–Kier alpha value is -2.21. The van der Waals surface area contributed by atoms with Gasteiger partial charge in [0.05, 0.1) is 11.6 Å². The van der Waals surface area contributed by atoms with Gasteiger partial charge in [0.25, 0.3) is 5.91 Å². The summed E-state index contributed by atoms with van der Waals surface area (Å²) >= 11 is 1.56. The number of benzene rings is 1. The predicted octanol–water partition coefficient (Wildman–Crippen LogP) is 2.78. The first-order chi connectivity index (χ1) is 9.25. The third-order valence-electron chi connectivity index (χ3n) is 2.84. The minimum absolute atomic E-state index is 0.130. The van der Waals surface area contributed by atoms with Gasteiger partial charge in [-0.15, -0.1) is 11.3 Å². The average Bonchev–Trinajstić information content (AvgIpc) is 3.08. The number of fused-ring (bicyclic) bond motifs is 1. The molecule has 2 aromatic heterocycles. The molecule has 5 nitrogen and oxygen atoms in total. The van der Waals surface area contributed by atoms with Crippen molar-refractivity contribution in [1.82, 2.24) is 15.5 Å². The van der Waals surface area contributed by atoms with E-state index in [9.17, 15) is 4.79 Å². The number of aromatic nitrogens is 2. The van der Waals surface area contributed by atoms with Gasteiger partial charge in [-0.1, -0.05) is 23.4 Å². The molecule has 0 unspecified atom stereocenters. The highest BCUT2D eigenvalue weighted by molar-refractivity contribution is 7.17. The van der Waals surface area contributed by atoms with Crippen LogP contribution in [-0.2, 0) is 0 Å². The normalized spacial score (nSPS) is 12.5. The number of carbonyl (C=O) groups is 1. The second-order valence-corrected chi connectivity index (χ2v) is 5.04. The molecule has 0 aliphatic heterocycles. The van der Waals surface area contributed by atoms with E-state index in [1.165, 1.54) is 6.39 Å². The number of nitrogens with zero attached hydrogens (tertiary/aromatic N) is 2. The first-order valence-electron chi connectivity index (χ1n) is 5.79. The Morgan fingerprint density at radius 3 is 3.05 bits per heavy atom. The van der Waals surface area contributed by atoms with Crippen molar-refractivity contribution in [1.29, 1.82) is 0 Å². The van der Waals surface area contributed by atoms with Crippen LogP contribution in [-0.4, -0.2) is 16.0 Å². The van der Waals surface area contributed by atoms with E-state index in [1.807, 2.05) is 36.6 Å². The van der Waals surface area contributed by atoms with Crippen molar-refractivity contribution in [3.8, 4) is 0 Å². The van der Waals surface area contributed by atoms with Gasteiger partial charge in [-0.2, -0.15) is 4.98 Å². The summed E-state index contributed by atoms with van der Waals surface area (Å²) in [4.78, 5) is 16.2. The molecule has 0 aliphatic rings. The lowest BCUT2D eigenvalue weighted by Crippen LogP contribution is -2.27. The van der Waals surface area contributed by atoms with Crippen LogP contribution in [0.1, 0.15) is 29.1 Å². The fraction of sp³-hybridized carbons (Fsp3) is 0.154. The van der Waals surface area contributed by atoms with Gasteiger partial charge in [0.2, 0.25) is 6.39 Å². The minimum Gasteiger partial charge on any atom is -0.343 e. The fourth-order valence-corrected chi connectivity index (χ4v) is 2.80. The van der Waals surface area contributed by atoms with Crippen LogP contribution in [0.25, 0.3) is 10.1 Å². The molecular formula is C13H11N3O2S. The van der Waals surface area contributed by atoms with Crippen LogP contribution >= 0.6 is 11.3 Å². The molecule has 3 rings (SSSR count). The zero-order chi connectivity index (χ0) is 13.2. The first-order valence-corrected chi connectivity index (χ1v) is 6.67. The van der Waals surface area contributed by atoms with Crippen LogP contribution < -0.4 is 5.32 Å². The molecular weight excluding hydrogens is 262 g/mol. The van der Waals surface area contributed by atoms with Gasteiger partial charge in [-0.05, 0) is 13.0 Å². The maximum absolute atomic E-state index is 12.2. The Morgan fingerprint density at radius 1 is 1.42 bits per heavy atom. The number of rotatable bonds is 3. The van der Waals surface area contributed by atoms with E-state index in [-0.39, 0.29) is 11.9 Å². The highest BCUT2D eigenvalue weighted by Gasteiger charge is 2.17. The lowest BCUT2D eigenvalue weighted by Gasteiger charge is -2.09. The average molecular weight is 273 g/mol. The van der Waals surface area contributed by atoms with E-state index in [1.54, 1.807) is 11.3 Å². The monoisotopic (exact) mass is 273 g/mol. The van der Waals surface area contributed by atoms with E-state index in [0.29, 0.717) is 11.4 Å². The fourth-order valence-electron chi connectivity index (χ4n) is 1.86. The number of thiophene rings is 1. The number of nitrogens with one attached hydrogen (secondary N) is 1. The molecule has 96 valence electrons. The number of carbonyl (C=O) groups excluding carboxylic acids is 1. The molecule has 0 bridgehead atoms. The summed E-state index contributed by atoms with van der Waals surface area (Å²) in [5.41, 5.74) is 0.677. The maximum atomic E-state index is 12.2. The Bertz CT molecular complexity index is 706. The van der Waals surface area contributed by atoms with Gasteiger partial charge in [0.1, 0.15) is 0 Å². The van der Waals surface area contributed by atoms with Gasteiger partial charge in [0.15, 0.2) is 5.82 Å². The van der Waals surface area contributed by atoms with Crippen LogP contribution in [0.15, 0.2) is 40.6 Å². The Morgan fingerprint density at radius 2 is 2.26 bits per heavy atom. The van der Waals surface area contributed by atoms with Gasteiger partial charge in [-0.25, -0.2) is 0 Å². The molecule has 2 heterocycles. The lowest BCUT2D eigenvalue weighted by atomic mass is 10.1. The van der Waals surface area contributed by atoms with Crippen molar-refractivity contribution in [3.63, 3.8) is 0 Å². The highest BCUT2D eigenvalue weighted by Crippen LogP contribution is 2.25. The maximum Gasteiger partial charge on any atom is 0.253 e. The summed E-state index contributed by atoms with van der Waals surface area (Å²) in [5.74, 6) is 0.336. The zero-order valence-electron chi connectivity index (χ0n) is 10.2. The summed E-state index contributed by atoms with van der Waals surface area (Å²) < 4.78 is 5.76. The first kappa shape index (κ1) is 11.9. The molecule has 1 atom stereocenters. The third kappa shape index (κ3) is 2.22. The van der Waals surface area contributed by atoms with Gasteiger partial charge < -0.3 is 9.84 Å². The third-order valence-corrected chi connectivity index (χ3v) is 3.80. The van der Waals surface area contributed by atoms with Crippen LogP contribution in [0.5, 0.6) is 0 Å². The second-order valence-electron chi connectivity index (χ2n) is 4.13. The van der Waals surface area contributed by atoms with E-state index in [0.717, 1.165) is 10.1 Å². The molecule has 0 saturated heterocycles. The predicted molar refractivity (Wildman–Crippen MR) is 72.0 cm³/mol. The second kappa shape index (κ2) is 4.81. The molecule has 0 radical (unpaired) electrons. The molecule has 6 heteroatoms. The summed E-state index contributed by atoms with van der Waals surface area (Å²) in [7, 11) is 0. The van der Waals surface area contributed by atoms with Gasteiger partial charge >= 0.3 is 0 Å². The molecule has 19 heavy (non-hydrogen) atoms. The van der Waals surface area contributed by atoms with Crippen molar-refractivity contribution in [3.05, 3.63) is 47.4 Å². The van der Waals surface area contributed by atoms with Crippen LogP contribution in [0, 0.1) is 0 Å². The summed E-state index contributed by atoms with van der Waals surface area (Å²) in [6.45, 7) is 1.82. The molecule has 3 aromatic rings. The summed E-state index contributed by atoms with van der Waals surface area (Å²) in [6.07, 6.45) is 1.25. The van der Waals surface area contributed by atoms with Crippen LogP contribution in [0.4, 0.5) is 0 Å². The Balaban J connectivity index is 1.84.